The highest BCUT2D eigenvalue weighted by atomic mass is 16.5. The lowest BCUT2D eigenvalue weighted by atomic mass is 10.1. The summed E-state index contributed by atoms with van der Waals surface area (Å²) in [7, 11) is 1.29. The Labute approximate surface area is 150 Å². The van der Waals surface area contributed by atoms with Gasteiger partial charge in [-0.2, -0.15) is 10.4 Å². The van der Waals surface area contributed by atoms with Crippen LogP contribution in [0, 0.1) is 11.3 Å². The second-order valence-electron chi connectivity index (χ2n) is 5.21. The SMILES string of the molecule is COC(=O)c1ccccc1/C=N\NC(=O)[C@@H](C)Oc1ccc(C#N)cc1. The van der Waals surface area contributed by atoms with E-state index < -0.39 is 18.0 Å². The van der Waals surface area contributed by atoms with E-state index in [9.17, 15) is 9.59 Å². The number of benzene rings is 2. The number of esters is 1. The van der Waals surface area contributed by atoms with Crippen LogP contribution >= 0.6 is 0 Å². The first-order valence-corrected chi connectivity index (χ1v) is 7.72. The van der Waals surface area contributed by atoms with E-state index in [0.29, 0.717) is 22.4 Å². The number of amides is 1. The molecule has 132 valence electrons. The molecule has 1 atom stereocenters. The molecule has 0 aliphatic rings. The van der Waals surface area contributed by atoms with Gasteiger partial charge in [-0.05, 0) is 37.3 Å². The zero-order valence-electron chi connectivity index (χ0n) is 14.3. The number of rotatable bonds is 6. The lowest BCUT2D eigenvalue weighted by molar-refractivity contribution is -0.127. The van der Waals surface area contributed by atoms with Crippen molar-refractivity contribution in [3.63, 3.8) is 0 Å². The molecule has 1 amide bonds. The molecule has 7 nitrogen and oxygen atoms in total. The van der Waals surface area contributed by atoms with E-state index in [0.717, 1.165) is 0 Å². The number of hydrogen-bond acceptors (Lipinski definition) is 6. The van der Waals surface area contributed by atoms with Crippen LogP contribution in [0.1, 0.15) is 28.4 Å². The minimum absolute atomic E-state index is 0.342. The molecule has 0 fully saturated rings. The molecule has 0 aromatic heterocycles. The summed E-state index contributed by atoms with van der Waals surface area (Å²) in [5.74, 6) is -0.483. The van der Waals surface area contributed by atoms with Gasteiger partial charge in [-0.3, -0.25) is 4.79 Å². The van der Waals surface area contributed by atoms with E-state index in [2.05, 4.69) is 10.5 Å². The van der Waals surface area contributed by atoms with Crippen LogP contribution in [0.5, 0.6) is 5.75 Å². The normalized spacial score (nSPS) is 11.4. The predicted molar refractivity (Wildman–Crippen MR) is 94.8 cm³/mol. The highest BCUT2D eigenvalue weighted by Gasteiger charge is 2.14. The van der Waals surface area contributed by atoms with Crippen LogP contribution in [-0.2, 0) is 9.53 Å². The highest BCUT2D eigenvalue weighted by Crippen LogP contribution is 2.13. The average molecular weight is 351 g/mol. The second-order valence-corrected chi connectivity index (χ2v) is 5.21. The summed E-state index contributed by atoms with van der Waals surface area (Å²) >= 11 is 0. The second kappa shape index (κ2) is 8.99. The molecule has 0 bridgehead atoms. The molecule has 0 spiro atoms. The summed E-state index contributed by atoms with van der Waals surface area (Å²) in [5.41, 5.74) is 3.72. The zero-order chi connectivity index (χ0) is 18.9. The molecule has 2 rings (SSSR count). The maximum Gasteiger partial charge on any atom is 0.338 e. The van der Waals surface area contributed by atoms with E-state index in [1.54, 1.807) is 55.5 Å². The number of nitriles is 1. The van der Waals surface area contributed by atoms with Gasteiger partial charge in [0.25, 0.3) is 5.91 Å². The van der Waals surface area contributed by atoms with E-state index in [1.807, 2.05) is 6.07 Å². The highest BCUT2D eigenvalue weighted by molar-refractivity contribution is 5.99. The Hall–Kier alpha value is -3.66. The molecular weight excluding hydrogens is 334 g/mol. The standard InChI is InChI=1S/C19H17N3O4/c1-13(26-16-9-7-14(11-20)8-10-16)18(23)22-21-12-15-5-3-4-6-17(15)19(24)25-2/h3-10,12-13H,1-2H3,(H,22,23)/b21-12-/t13-/m1/s1. The van der Waals surface area contributed by atoms with E-state index in [4.69, 9.17) is 14.7 Å². The summed E-state index contributed by atoms with van der Waals surface area (Å²) in [6.45, 7) is 1.57. The molecule has 0 radical (unpaired) electrons. The molecular formula is C19H17N3O4. The Balaban J connectivity index is 1.96. The van der Waals surface area contributed by atoms with Gasteiger partial charge in [-0.15, -0.1) is 0 Å². The van der Waals surface area contributed by atoms with Gasteiger partial charge in [0.1, 0.15) is 5.75 Å². The molecule has 0 heterocycles. The number of hydrazone groups is 1. The zero-order valence-corrected chi connectivity index (χ0v) is 14.3. The third-order valence-electron chi connectivity index (χ3n) is 3.41. The monoisotopic (exact) mass is 351 g/mol. The lowest BCUT2D eigenvalue weighted by Gasteiger charge is -2.12. The first-order valence-electron chi connectivity index (χ1n) is 7.72. The van der Waals surface area contributed by atoms with Crippen LogP contribution in [-0.4, -0.2) is 31.3 Å². The topological polar surface area (TPSA) is 101 Å². The van der Waals surface area contributed by atoms with Gasteiger partial charge < -0.3 is 9.47 Å². The fourth-order valence-electron chi connectivity index (χ4n) is 2.03. The molecule has 0 aliphatic heterocycles. The summed E-state index contributed by atoms with van der Waals surface area (Å²) in [4.78, 5) is 23.7. The van der Waals surface area contributed by atoms with Gasteiger partial charge in [0.05, 0.1) is 30.5 Å². The first-order chi connectivity index (χ1) is 12.5. The number of ether oxygens (including phenoxy) is 2. The van der Waals surface area contributed by atoms with Crippen molar-refractivity contribution in [2.45, 2.75) is 13.0 Å². The number of hydrogen-bond donors (Lipinski definition) is 1. The van der Waals surface area contributed by atoms with Crippen LogP contribution in [0.25, 0.3) is 0 Å². The molecule has 2 aromatic carbocycles. The average Bonchev–Trinajstić information content (AvgIpc) is 2.68. The molecule has 0 aliphatic carbocycles. The summed E-state index contributed by atoms with van der Waals surface area (Å²) in [6, 6.07) is 15.1. The molecule has 0 saturated heterocycles. The van der Waals surface area contributed by atoms with Crippen molar-refractivity contribution in [3.8, 4) is 11.8 Å². The summed E-state index contributed by atoms with van der Waals surface area (Å²) < 4.78 is 10.2. The van der Waals surface area contributed by atoms with Crippen LogP contribution < -0.4 is 10.2 Å². The van der Waals surface area contributed by atoms with Crippen molar-refractivity contribution in [3.05, 3.63) is 65.2 Å². The smallest absolute Gasteiger partial charge is 0.338 e. The largest absolute Gasteiger partial charge is 0.481 e. The third kappa shape index (κ3) is 4.92. The summed E-state index contributed by atoms with van der Waals surface area (Å²) in [5, 5.41) is 12.6. The number of methoxy groups -OCH3 is 1. The van der Waals surface area contributed by atoms with Gasteiger partial charge in [0.2, 0.25) is 0 Å². The van der Waals surface area contributed by atoms with Gasteiger partial charge >= 0.3 is 5.97 Å². The number of carbonyl (C=O) groups excluding carboxylic acids is 2. The van der Waals surface area contributed by atoms with Crippen molar-refractivity contribution in [1.29, 1.82) is 5.26 Å². The van der Waals surface area contributed by atoms with Crippen LogP contribution in [0.2, 0.25) is 0 Å². The number of nitrogens with one attached hydrogen (secondary N) is 1. The third-order valence-corrected chi connectivity index (χ3v) is 3.41. The van der Waals surface area contributed by atoms with Crippen molar-refractivity contribution in [2.24, 2.45) is 5.10 Å². The lowest BCUT2D eigenvalue weighted by Crippen LogP contribution is -2.33. The Bertz CT molecular complexity index is 854. The fraction of sp³-hybridized carbons (Fsp3) is 0.158. The maximum absolute atomic E-state index is 12.0. The number of nitrogens with zero attached hydrogens (tertiary/aromatic N) is 2. The minimum Gasteiger partial charge on any atom is -0.481 e. The van der Waals surface area contributed by atoms with Crippen molar-refractivity contribution < 1.29 is 19.1 Å². The van der Waals surface area contributed by atoms with Gasteiger partial charge in [-0.25, -0.2) is 10.2 Å². The minimum atomic E-state index is -0.795. The molecule has 0 unspecified atom stereocenters. The Morgan fingerprint density at radius 2 is 1.88 bits per heavy atom. The Morgan fingerprint density at radius 1 is 1.19 bits per heavy atom. The van der Waals surface area contributed by atoms with Gasteiger partial charge in [0.15, 0.2) is 6.10 Å². The quantitative estimate of drug-likeness (QED) is 0.489. The molecule has 26 heavy (non-hydrogen) atoms. The van der Waals surface area contributed by atoms with Crippen LogP contribution in [0.15, 0.2) is 53.6 Å². The Morgan fingerprint density at radius 3 is 2.54 bits per heavy atom. The van der Waals surface area contributed by atoms with Crippen LogP contribution in [0.4, 0.5) is 0 Å². The Kier molecular flexibility index (Phi) is 6.46. The maximum atomic E-state index is 12.0. The fourth-order valence-corrected chi connectivity index (χ4v) is 2.03. The van der Waals surface area contributed by atoms with E-state index >= 15 is 0 Å². The summed E-state index contributed by atoms with van der Waals surface area (Å²) in [6.07, 6.45) is 0.564. The van der Waals surface area contributed by atoms with E-state index in [1.165, 1.54) is 13.3 Å². The van der Waals surface area contributed by atoms with E-state index in [-0.39, 0.29) is 0 Å². The van der Waals surface area contributed by atoms with Gasteiger partial charge in [0, 0.05) is 5.56 Å². The number of carbonyl (C=O) groups is 2. The molecule has 2 aromatic rings. The van der Waals surface area contributed by atoms with Crippen LogP contribution in [0.3, 0.4) is 0 Å². The van der Waals surface area contributed by atoms with Crippen molar-refractivity contribution in [1.82, 2.24) is 5.43 Å². The predicted octanol–water partition coefficient (Wildman–Crippen LogP) is 2.26. The van der Waals surface area contributed by atoms with Gasteiger partial charge in [-0.1, -0.05) is 18.2 Å². The molecule has 1 N–H and O–H groups in total. The molecule has 7 heteroatoms. The first kappa shape index (κ1) is 18.7. The van der Waals surface area contributed by atoms with Crippen molar-refractivity contribution >= 4 is 18.1 Å². The molecule has 0 saturated carbocycles. The van der Waals surface area contributed by atoms with Crippen molar-refractivity contribution in [2.75, 3.05) is 7.11 Å².